The number of benzene rings is 2. The molecule has 0 radical (unpaired) electrons. The van der Waals surface area contributed by atoms with Crippen molar-refractivity contribution in [1.29, 1.82) is 0 Å². The smallest absolute Gasteiger partial charge is 0.254 e. The van der Waals surface area contributed by atoms with E-state index in [1.807, 2.05) is 35.2 Å². The van der Waals surface area contributed by atoms with E-state index in [0.717, 1.165) is 55.6 Å². The standard InChI is InChI=1S/C19H23N3O.ClH/c23-19(18-7-3-5-15-4-1-2-6-17(15)18)22-12-10-21(11-13-22)16-8-9-20-14-16;/h1-7,16,20H,8-14H2;1H. The molecule has 24 heavy (non-hydrogen) atoms. The molecule has 5 heteroatoms. The largest absolute Gasteiger partial charge is 0.336 e. The molecule has 1 N–H and O–H groups in total. The fourth-order valence-electron chi connectivity index (χ4n) is 3.82. The fourth-order valence-corrected chi connectivity index (χ4v) is 3.82. The van der Waals surface area contributed by atoms with Crippen LogP contribution in [0.5, 0.6) is 0 Å². The molecular weight excluding hydrogens is 322 g/mol. The van der Waals surface area contributed by atoms with Gasteiger partial charge in [0.05, 0.1) is 0 Å². The van der Waals surface area contributed by atoms with E-state index in [-0.39, 0.29) is 18.3 Å². The molecule has 0 aromatic heterocycles. The topological polar surface area (TPSA) is 35.6 Å². The highest BCUT2D eigenvalue weighted by Crippen LogP contribution is 2.21. The number of amides is 1. The number of rotatable bonds is 2. The molecule has 0 saturated carbocycles. The molecule has 2 saturated heterocycles. The van der Waals surface area contributed by atoms with Gasteiger partial charge in [0.25, 0.3) is 5.91 Å². The van der Waals surface area contributed by atoms with E-state index in [1.54, 1.807) is 0 Å². The van der Waals surface area contributed by atoms with Crippen LogP contribution in [0.15, 0.2) is 42.5 Å². The van der Waals surface area contributed by atoms with Gasteiger partial charge in [0, 0.05) is 44.3 Å². The van der Waals surface area contributed by atoms with Crippen molar-refractivity contribution >= 4 is 29.1 Å². The second-order valence-corrected chi connectivity index (χ2v) is 6.50. The zero-order chi connectivity index (χ0) is 15.6. The van der Waals surface area contributed by atoms with Crippen LogP contribution >= 0.6 is 12.4 Å². The molecule has 1 atom stereocenters. The molecule has 1 unspecified atom stereocenters. The van der Waals surface area contributed by atoms with Crippen molar-refractivity contribution in [3.05, 3.63) is 48.0 Å². The first-order valence-corrected chi connectivity index (χ1v) is 8.55. The molecule has 2 aromatic rings. The van der Waals surface area contributed by atoms with E-state index in [0.29, 0.717) is 6.04 Å². The molecule has 0 spiro atoms. The highest BCUT2D eigenvalue weighted by Gasteiger charge is 2.28. The summed E-state index contributed by atoms with van der Waals surface area (Å²) in [5.41, 5.74) is 0.832. The molecule has 1 amide bonds. The third kappa shape index (κ3) is 3.27. The van der Waals surface area contributed by atoms with Crippen LogP contribution in [-0.4, -0.2) is 61.0 Å². The molecule has 0 bridgehead atoms. The third-order valence-electron chi connectivity index (χ3n) is 5.17. The highest BCUT2D eigenvalue weighted by molar-refractivity contribution is 6.07. The van der Waals surface area contributed by atoms with Crippen LogP contribution < -0.4 is 5.32 Å². The number of piperazine rings is 1. The summed E-state index contributed by atoms with van der Waals surface area (Å²) in [4.78, 5) is 17.5. The molecule has 2 aliphatic rings. The van der Waals surface area contributed by atoms with Gasteiger partial charge in [0.2, 0.25) is 0 Å². The third-order valence-corrected chi connectivity index (χ3v) is 5.17. The molecule has 4 nitrogen and oxygen atoms in total. The van der Waals surface area contributed by atoms with Crippen molar-refractivity contribution in [1.82, 2.24) is 15.1 Å². The van der Waals surface area contributed by atoms with Crippen LogP contribution in [0, 0.1) is 0 Å². The molecular formula is C19H24ClN3O. The number of carbonyl (C=O) groups is 1. The maximum atomic E-state index is 12.9. The van der Waals surface area contributed by atoms with Crippen LogP contribution in [0.25, 0.3) is 10.8 Å². The summed E-state index contributed by atoms with van der Waals surface area (Å²) in [7, 11) is 0. The van der Waals surface area contributed by atoms with Crippen molar-refractivity contribution in [2.45, 2.75) is 12.5 Å². The van der Waals surface area contributed by atoms with Crippen molar-refractivity contribution in [2.75, 3.05) is 39.3 Å². The second kappa shape index (κ2) is 7.51. The molecule has 2 heterocycles. The Bertz CT molecular complexity index is 701. The zero-order valence-corrected chi connectivity index (χ0v) is 14.6. The average molecular weight is 346 g/mol. The number of nitrogens with zero attached hydrogens (tertiary/aromatic N) is 2. The van der Waals surface area contributed by atoms with Gasteiger partial charge < -0.3 is 10.2 Å². The van der Waals surface area contributed by atoms with Crippen LogP contribution in [0.3, 0.4) is 0 Å². The lowest BCUT2D eigenvalue weighted by molar-refractivity contribution is 0.0585. The van der Waals surface area contributed by atoms with Gasteiger partial charge in [-0.1, -0.05) is 36.4 Å². The van der Waals surface area contributed by atoms with Crippen LogP contribution in [0.2, 0.25) is 0 Å². The minimum Gasteiger partial charge on any atom is -0.336 e. The lowest BCUT2D eigenvalue weighted by atomic mass is 10.0. The molecule has 0 aliphatic carbocycles. The Morgan fingerprint density at radius 1 is 1.00 bits per heavy atom. The Kier molecular flexibility index (Phi) is 5.39. The minimum atomic E-state index is 0. The van der Waals surface area contributed by atoms with E-state index in [4.69, 9.17) is 0 Å². The van der Waals surface area contributed by atoms with Crippen LogP contribution in [0.4, 0.5) is 0 Å². The van der Waals surface area contributed by atoms with Gasteiger partial charge in [-0.2, -0.15) is 0 Å². The van der Waals surface area contributed by atoms with Gasteiger partial charge in [0.1, 0.15) is 0 Å². The number of hydrogen-bond acceptors (Lipinski definition) is 3. The van der Waals surface area contributed by atoms with Gasteiger partial charge >= 0.3 is 0 Å². The van der Waals surface area contributed by atoms with E-state index in [2.05, 4.69) is 22.3 Å². The van der Waals surface area contributed by atoms with Gasteiger partial charge in [-0.15, -0.1) is 12.4 Å². The summed E-state index contributed by atoms with van der Waals surface area (Å²) in [6, 6.07) is 14.8. The summed E-state index contributed by atoms with van der Waals surface area (Å²) in [6.45, 7) is 5.86. The first-order valence-electron chi connectivity index (χ1n) is 8.55. The predicted octanol–water partition coefficient (Wildman–Crippen LogP) is 2.38. The van der Waals surface area contributed by atoms with Crippen LogP contribution in [-0.2, 0) is 0 Å². The van der Waals surface area contributed by atoms with Gasteiger partial charge in [-0.25, -0.2) is 0 Å². The van der Waals surface area contributed by atoms with E-state index < -0.39 is 0 Å². The average Bonchev–Trinajstić information content (AvgIpc) is 3.15. The SMILES string of the molecule is Cl.O=C(c1cccc2ccccc12)N1CCN(C2CCNC2)CC1. The van der Waals surface area contributed by atoms with Gasteiger partial charge in [-0.3, -0.25) is 9.69 Å². The Labute approximate surface area is 149 Å². The van der Waals surface area contributed by atoms with Gasteiger partial charge in [-0.05, 0) is 29.8 Å². The van der Waals surface area contributed by atoms with E-state index in [9.17, 15) is 4.79 Å². The van der Waals surface area contributed by atoms with Crippen molar-refractivity contribution < 1.29 is 4.79 Å². The number of fused-ring (bicyclic) bond motifs is 1. The monoisotopic (exact) mass is 345 g/mol. The number of halogens is 1. The first-order chi connectivity index (χ1) is 11.3. The molecule has 4 rings (SSSR count). The molecule has 2 aliphatic heterocycles. The first kappa shape index (κ1) is 17.2. The fraction of sp³-hybridized carbons (Fsp3) is 0.421. The molecule has 2 aromatic carbocycles. The van der Waals surface area contributed by atoms with Crippen molar-refractivity contribution in [3.63, 3.8) is 0 Å². The predicted molar refractivity (Wildman–Crippen MR) is 99.9 cm³/mol. The summed E-state index contributed by atoms with van der Waals surface area (Å²) in [5.74, 6) is 0.172. The normalized spacial score (nSPS) is 21.7. The summed E-state index contributed by atoms with van der Waals surface area (Å²) < 4.78 is 0. The zero-order valence-electron chi connectivity index (χ0n) is 13.8. The summed E-state index contributed by atoms with van der Waals surface area (Å²) >= 11 is 0. The highest BCUT2D eigenvalue weighted by atomic mass is 35.5. The maximum absolute atomic E-state index is 12.9. The second-order valence-electron chi connectivity index (χ2n) is 6.50. The summed E-state index contributed by atoms with van der Waals surface area (Å²) in [5, 5.41) is 5.62. The number of carbonyl (C=O) groups excluding carboxylic acids is 1. The van der Waals surface area contributed by atoms with Crippen molar-refractivity contribution in [2.24, 2.45) is 0 Å². The Morgan fingerprint density at radius 2 is 1.75 bits per heavy atom. The quantitative estimate of drug-likeness (QED) is 0.907. The lowest BCUT2D eigenvalue weighted by Gasteiger charge is -2.38. The Hall–Kier alpha value is -1.62. The lowest BCUT2D eigenvalue weighted by Crippen LogP contribution is -2.52. The minimum absolute atomic E-state index is 0. The molecule has 2 fully saturated rings. The Morgan fingerprint density at radius 3 is 2.50 bits per heavy atom. The Balaban J connectivity index is 0.00000169. The van der Waals surface area contributed by atoms with E-state index in [1.165, 1.54) is 6.42 Å². The molecule has 128 valence electrons. The van der Waals surface area contributed by atoms with Gasteiger partial charge in [0.15, 0.2) is 0 Å². The number of nitrogens with one attached hydrogen (secondary N) is 1. The number of hydrogen-bond donors (Lipinski definition) is 1. The summed E-state index contributed by atoms with van der Waals surface area (Å²) in [6.07, 6.45) is 1.23. The van der Waals surface area contributed by atoms with Crippen molar-refractivity contribution in [3.8, 4) is 0 Å². The maximum Gasteiger partial charge on any atom is 0.254 e. The van der Waals surface area contributed by atoms with E-state index >= 15 is 0 Å². The van der Waals surface area contributed by atoms with Crippen LogP contribution in [0.1, 0.15) is 16.8 Å².